The fraction of sp³-hybridized carbons (Fsp3) is 0.438. The van der Waals surface area contributed by atoms with E-state index < -0.39 is 42.1 Å². The number of nitrogens with one attached hydrogen (secondary N) is 1. The van der Waals surface area contributed by atoms with Crippen LogP contribution < -0.4 is 5.32 Å². The Labute approximate surface area is 138 Å². The fourth-order valence-electron chi connectivity index (χ4n) is 1.90. The van der Waals surface area contributed by atoms with E-state index in [1.165, 1.54) is 7.11 Å². The van der Waals surface area contributed by atoms with E-state index >= 15 is 0 Å². The normalized spacial score (nSPS) is 12.9. The van der Waals surface area contributed by atoms with Crippen molar-refractivity contribution in [3.05, 3.63) is 35.4 Å². The summed E-state index contributed by atoms with van der Waals surface area (Å²) in [4.78, 5) is 35.2. The van der Waals surface area contributed by atoms with Crippen LogP contribution in [0.3, 0.4) is 0 Å². The number of carbonyl (C=O) groups excluding carboxylic acids is 3. The average Bonchev–Trinajstić information content (AvgIpc) is 2.55. The molecule has 24 heavy (non-hydrogen) atoms. The summed E-state index contributed by atoms with van der Waals surface area (Å²) in [5, 5.41) is 2.41. The lowest BCUT2D eigenvalue weighted by Gasteiger charge is -2.21. The van der Waals surface area contributed by atoms with Crippen LogP contribution >= 0.6 is 0 Å². The van der Waals surface area contributed by atoms with E-state index in [0.717, 1.165) is 12.1 Å². The third kappa shape index (κ3) is 5.60. The summed E-state index contributed by atoms with van der Waals surface area (Å²) in [5.41, 5.74) is -0.355. The molecule has 0 radical (unpaired) electrons. The molecule has 1 aromatic carbocycles. The largest absolute Gasteiger partial charge is 0.467 e. The van der Waals surface area contributed by atoms with Crippen LogP contribution in [0.5, 0.6) is 0 Å². The van der Waals surface area contributed by atoms with Crippen molar-refractivity contribution < 1.29 is 32.6 Å². The summed E-state index contributed by atoms with van der Waals surface area (Å²) < 4.78 is 35.4. The molecule has 0 bridgehead atoms. The molecular weight excluding hydrogens is 324 g/mol. The highest BCUT2D eigenvalue weighted by Gasteiger charge is 2.27. The van der Waals surface area contributed by atoms with Crippen molar-refractivity contribution in [1.29, 1.82) is 0 Å². The highest BCUT2D eigenvalue weighted by atomic mass is 19.1. The number of hydrogen-bond acceptors (Lipinski definition) is 5. The average molecular weight is 343 g/mol. The van der Waals surface area contributed by atoms with Crippen LogP contribution in [0, 0.1) is 17.6 Å². The standard InChI is InChI=1S/C16H19F2NO5/c1-4-9(2)14(16(22)23-3)19-13(20)8-24-15(21)10-5-11(17)7-12(18)6-10/h5-7,9,14H,4,8H2,1-3H3,(H,19,20)/t9-,14-/m0/s1. The molecule has 6 nitrogen and oxygen atoms in total. The molecule has 0 unspecified atom stereocenters. The fourth-order valence-corrected chi connectivity index (χ4v) is 1.90. The molecule has 0 aliphatic carbocycles. The Hall–Kier alpha value is -2.51. The van der Waals surface area contributed by atoms with Crippen molar-refractivity contribution in [2.24, 2.45) is 5.92 Å². The van der Waals surface area contributed by atoms with E-state index in [0.29, 0.717) is 12.5 Å². The van der Waals surface area contributed by atoms with Gasteiger partial charge in [-0.25, -0.2) is 18.4 Å². The summed E-state index contributed by atoms with van der Waals surface area (Å²) in [5.74, 6) is -4.45. The molecule has 1 N–H and O–H groups in total. The van der Waals surface area contributed by atoms with Gasteiger partial charge in [0.05, 0.1) is 12.7 Å². The second-order valence-electron chi connectivity index (χ2n) is 5.19. The van der Waals surface area contributed by atoms with Crippen molar-refractivity contribution in [3.8, 4) is 0 Å². The first-order valence-electron chi connectivity index (χ1n) is 7.28. The molecule has 0 fully saturated rings. The minimum Gasteiger partial charge on any atom is -0.467 e. The van der Waals surface area contributed by atoms with Gasteiger partial charge in [0, 0.05) is 6.07 Å². The molecule has 1 aromatic rings. The predicted octanol–water partition coefficient (Wildman–Crippen LogP) is 1.83. The van der Waals surface area contributed by atoms with Crippen molar-refractivity contribution in [2.45, 2.75) is 26.3 Å². The minimum absolute atomic E-state index is 0.186. The van der Waals surface area contributed by atoms with E-state index in [1.54, 1.807) is 6.92 Å². The molecule has 0 spiro atoms. The molecule has 0 saturated carbocycles. The molecule has 0 saturated heterocycles. The van der Waals surface area contributed by atoms with Gasteiger partial charge in [-0.05, 0) is 18.1 Å². The summed E-state index contributed by atoms with van der Waals surface area (Å²) in [6, 6.07) is 1.31. The van der Waals surface area contributed by atoms with Gasteiger partial charge in [0.1, 0.15) is 17.7 Å². The SMILES string of the molecule is CC[C@H](C)[C@H](NC(=O)COC(=O)c1cc(F)cc(F)c1)C(=O)OC. The number of ether oxygens (including phenoxy) is 2. The number of methoxy groups -OCH3 is 1. The van der Waals surface area contributed by atoms with Gasteiger partial charge in [0.15, 0.2) is 6.61 Å². The number of benzene rings is 1. The summed E-state index contributed by atoms with van der Waals surface area (Å²) >= 11 is 0. The monoisotopic (exact) mass is 343 g/mol. The first kappa shape index (κ1) is 19.5. The second-order valence-corrected chi connectivity index (χ2v) is 5.19. The van der Waals surface area contributed by atoms with Crippen molar-refractivity contribution in [2.75, 3.05) is 13.7 Å². The molecule has 0 aromatic heterocycles. The summed E-state index contributed by atoms with van der Waals surface area (Å²) in [7, 11) is 1.20. The molecule has 0 aliphatic rings. The number of rotatable bonds is 7. The Kier molecular flexibility index (Phi) is 7.29. The lowest BCUT2D eigenvalue weighted by Crippen LogP contribution is -2.47. The third-order valence-corrected chi connectivity index (χ3v) is 3.42. The highest BCUT2D eigenvalue weighted by molar-refractivity contribution is 5.92. The number of hydrogen-bond donors (Lipinski definition) is 1. The van der Waals surface area contributed by atoms with Gasteiger partial charge in [-0.15, -0.1) is 0 Å². The van der Waals surface area contributed by atoms with E-state index in [2.05, 4.69) is 10.1 Å². The number of carbonyl (C=O) groups is 3. The van der Waals surface area contributed by atoms with Crippen LogP contribution in [-0.4, -0.2) is 37.6 Å². The maximum absolute atomic E-state index is 13.0. The van der Waals surface area contributed by atoms with Crippen LogP contribution in [0.1, 0.15) is 30.6 Å². The van der Waals surface area contributed by atoms with Gasteiger partial charge in [-0.1, -0.05) is 20.3 Å². The summed E-state index contributed by atoms with van der Waals surface area (Å²) in [6.07, 6.45) is 0.613. The van der Waals surface area contributed by atoms with Crippen LogP contribution in [0.4, 0.5) is 8.78 Å². The minimum atomic E-state index is -1.05. The third-order valence-electron chi connectivity index (χ3n) is 3.42. The predicted molar refractivity (Wildman–Crippen MR) is 80.0 cm³/mol. The molecule has 1 amide bonds. The first-order valence-corrected chi connectivity index (χ1v) is 7.28. The number of amides is 1. The molecule has 0 aliphatic heterocycles. The Morgan fingerprint density at radius 3 is 2.25 bits per heavy atom. The highest BCUT2D eigenvalue weighted by Crippen LogP contribution is 2.10. The van der Waals surface area contributed by atoms with Crippen molar-refractivity contribution >= 4 is 17.8 Å². The smallest absolute Gasteiger partial charge is 0.338 e. The molecule has 2 atom stereocenters. The zero-order chi connectivity index (χ0) is 18.3. The molecule has 132 valence electrons. The number of esters is 2. The van der Waals surface area contributed by atoms with Gasteiger partial charge < -0.3 is 14.8 Å². The van der Waals surface area contributed by atoms with Crippen LogP contribution in [0.25, 0.3) is 0 Å². The second kappa shape index (κ2) is 8.95. The lowest BCUT2D eigenvalue weighted by atomic mass is 9.99. The van der Waals surface area contributed by atoms with Gasteiger partial charge in [0.2, 0.25) is 0 Å². The summed E-state index contributed by atoms with van der Waals surface area (Å²) in [6.45, 7) is 2.90. The van der Waals surface area contributed by atoms with Gasteiger partial charge >= 0.3 is 11.9 Å². The van der Waals surface area contributed by atoms with Gasteiger partial charge in [-0.2, -0.15) is 0 Å². The zero-order valence-electron chi connectivity index (χ0n) is 13.6. The maximum atomic E-state index is 13.0. The van der Waals surface area contributed by atoms with Gasteiger partial charge in [-0.3, -0.25) is 4.79 Å². The number of halogens is 2. The molecule has 0 heterocycles. The van der Waals surface area contributed by atoms with E-state index in [1.807, 2.05) is 6.92 Å². The Morgan fingerprint density at radius 1 is 1.17 bits per heavy atom. The van der Waals surface area contributed by atoms with E-state index in [-0.39, 0.29) is 11.5 Å². The molecule has 1 rings (SSSR count). The topological polar surface area (TPSA) is 81.7 Å². The Morgan fingerprint density at radius 2 is 1.75 bits per heavy atom. The van der Waals surface area contributed by atoms with Gasteiger partial charge in [0.25, 0.3) is 5.91 Å². The molecular formula is C16H19F2NO5. The molecule has 8 heteroatoms. The van der Waals surface area contributed by atoms with Crippen LogP contribution in [0.15, 0.2) is 18.2 Å². The Bertz CT molecular complexity index is 600. The lowest BCUT2D eigenvalue weighted by molar-refractivity contribution is -0.147. The van der Waals surface area contributed by atoms with Crippen molar-refractivity contribution in [1.82, 2.24) is 5.32 Å². The quantitative estimate of drug-likeness (QED) is 0.764. The maximum Gasteiger partial charge on any atom is 0.338 e. The van der Waals surface area contributed by atoms with E-state index in [9.17, 15) is 23.2 Å². The van der Waals surface area contributed by atoms with Crippen LogP contribution in [0.2, 0.25) is 0 Å². The van der Waals surface area contributed by atoms with E-state index in [4.69, 9.17) is 4.74 Å². The van der Waals surface area contributed by atoms with Crippen LogP contribution in [-0.2, 0) is 19.1 Å². The Balaban J connectivity index is 2.64. The van der Waals surface area contributed by atoms with Crippen molar-refractivity contribution in [3.63, 3.8) is 0 Å². The first-order chi connectivity index (χ1) is 11.3. The zero-order valence-corrected chi connectivity index (χ0v) is 13.6.